The Morgan fingerprint density at radius 3 is 2.29 bits per heavy atom. The van der Waals surface area contributed by atoms with Gasteiger partial charge in [0, 0.05) is 10.1 Å². The Hall–Kier alpha value is -0.630. The molecule has 0 aromatic heterocycles. The molecule has 153 valence electrons. The van der Waals surface area contributed by atoms with Gasteiger partial charge < -0.3 is 30.7 Å². The molecule has 1 unspecified atom stereocenters. The maximum Gasteiger partial charge on any atom is 0.329 e. The molecular formula is C15H14I3N2O8. The van der Waals surface area contributed by atoms with Crippen molar-refractivity contribution in [2.75, 3.05) is 31.7 Å². The van der Waals surface area contributed by atoms with Crippen LogP contribution in [0, 0.1) is 10.7 Å². The summed E-state index contributed by atoms with van der Waals surface area (Å²) in [7, 11) is 0. The van der Waals surface area contributed by atoms with Crippen LogP contribution < -0.4 is 10.6 Å². The molecular weight excluding hydrogens is 717 g/mol. The first-order valence-corrected chi connectivity index (χ1v) is 10.6. The number of aliphatic hydroxyl groups excluding tert-OH is 2. The van der Waals surface area contributed by atoms with Gasteiger partial charge in [-0.3, -0.25) is 14.4 Å². The number of hydrogen-bond acceptors (Lipinski definition) is 7. The molecule has 0 aliphatic carbocycles. The van der Waals surface area contributed by atoms with Crippen LogP contribution in [-0.4, -0.2) is 71.9 Å². The zero-order valence-corrected chi connectivity index (χ0v) is 20.4. The highest BCUT2D eigenvalue weighted by atomic mass is 127. The minimum absolute atomic E-state index is 0.0660. The minimum Gasteiger partial charge on any atom is -0.480 e. The number of ether oxygens (including phenoxy) is 1. The molecule has 1 atom stereocenters. The van der Waals surface area contributed by atoms with Gasteiger partial charge in [0.15, 0.2) is 0 Å². The first-order valence-electron chi connectivity index (χ1n) is 7.39. The number of nitrogens with one attached hydrogen (secondary N) is 2. The van der Waals surface area contributed by atoms with Gasteiger partial charge >= 0.3 is 5.97 Å². The number of anilines is 1. The summed E-state index contributed by atoms with van der Waals surface area (Å²) in [6.07, 6.45) is 0.588. The van der Waals surface area contributed by atoms with E-state index in [1.165, 1.54) is 0 Å². The Morgan fingerprint density at radius 1 is 1.11 bits per heavy atom. The summed E-state index contributed by atoms with van der Waals surface area (Å²) in [6, 6.07) is 0. The van der Waals surface area contributed by atoms with E-state index in [4.69, 9.17) is 14.9 Å². The fraction of sp³-hybridized carbons (Fsp3) is 0.333. The number of aliphatic hydroxyl groups is 2. The van der Waals surface area contributed by atoms with Gasteiger partial charge in [0.1, 0.15) is 13.2 Å². The third kappa shape index (κ3) is 7.01. The number of hydrogen-bond donors (Lipinski definition) is 5. The summed E-state index contributed by atoms with van der Waals surface area (Å²) in [4.78, 5) is 46.4. The van der Waals surface area contributed by atoms with Crippen molar-refractivity contribution in [2.45, 2.75) is 6.10 Å². The average molecular weight is 731 g/mol. The number of carboxylic acid groups (broad SMARTS) is 1. The van der Waals surface area contributed by atoms with Gasteiger partial charge in [-0.15, -0.1) is 0 Å². The molecule has 0 fully saturated rings. The summed E-state index contributed by atoms with van der Waals surface area (Å²) in [5, 5.41) is 31.7. The normalized spacial score (nSPS) is 11.6. The average Bonchev–Trinajstić information content (AvgIpc) is 2.63. The van der Waals surface area contributed by atoms with E-state index >= 15 is 0 Å². The lowest BCUT2D eigenvalue weighted by Gasteiger charge is -2.18. The summed E-state index contributed by atoms with van der Waals surface area (Å²) in [5.41, 5.74) is 0.333. The molecule has 0 saturated carbocycles. The maximum atomic E-state index is 12.5. The Kier molecular flexibility index (Phi) is 11.0. The summed E-state index contributed by atoms with van der Waals surface area (Å²) in [6.45, 7) is -1.93. The number of halogens is 3. The van der Waals surface area contributed by atoms with E-state index in [1.54, 1.807) is 28.9 Å². The number of amides is 2. The number of carboxylic acids is 1. The predicted molar refractivity (Wildman–Crippen MR) is 122 cm³/mol. The quantitative estimate of drug-likeness (QED) is 0.212. The molecule has 0 spiro atoms. The first-order chi connectivity index (χ1) is 13.1. The predicted octanol–water partition coefficient (Wildman–Crippen LogP) is 0.0809. The maximum absolute atomic E-state index is 12.5. The van der Waals surface area contributed by atoms with Crippen molar-refractivity contribution in [1.82, 2.24) is 5.32 Å². The van der Waals surface area contributed by atoms with Crippen LogP contribution in [0.15, 0.2) is 0 Å². The minimum atomic E-state index is -1.23. The standard InChI is InChI=1S/C15H14I3N2O8/c16-11-7(3-22)12(17)14(20-8(24)4-28-5-9(25)26)13(18)10(11)15(27)19-1-6(23)2-21/h6,21,23H,1-2,4-5H2,(H,19,27)(H,20,24)(H,25,26). The van der Waals surface area contributed by atoms with Crippen LogP contribution in [0.4, 0.5) is 5.69 Å². The topological polar surface area (TPSA) is 162 Å². The largest absolute Gasteiger partial charge is 0.480 e. The number of rotatable bonds is 10. The van der Waals surface area contributed by atoms with Crippen LogP contribution in [0.5, 0.6) is 0 Å². The third-order valence-corrected chi connectivity index (χ3v) is 6.31. The Morgan fingerprint density at radius 2 is 1.75 bits per heavy atom. The molecule has 13 heteroatoms. The molecule has 2 amide bonds. The lowest BCUT2D eigenvalue weighted by molar-refractivity contribution is -0.143. The second kappa shape index (κ2) is 12.2. The number of carbonyl (C=O) groups is 3. The zero-order valence-electron chi connectivity index (χ0n) is 13.9. The summed E-state index contributed by atoms with van der Waals surface area (Å²) < 4.78 is 5.70. The molecule has 1 aromatic carbocycles. The van der Waals surface area contributed by atoms with Gasteiger partial charge in [0.2, 0.25) is 12.2 Å². The second-order valence-electron chi connectivity index (χ2n) is 5.15. The molecule has 1 radical (unpaired) electrons. The van der Waals surface area contributed by atoms with Crippen LogP contribution in [0.25, 0.3) is 0 Å². The molecule has 1 aromatic rings. The van der Waals surface area contributed by atoms with Crippen molar-refractivity contribution in [1.29, 1.82) is 0 Å². The molecule has 28 heavy (non-hydrogen) atoms. The Labute approximate surface area is 200 Å². The van der Waals surface area contributed by atoms with Crippen LogP contribution in [0.2, 0.25) is 0 Å². The van der Waals surface area contributed by atoms with Crippen LogP contribution >= 0.6 is 67.8 Å². The SMILES string of the molecule is O=[C]c1c(I)c(NC(=O)COCC(=O)O)c(I)c(C(=O)NCC(O)CO)c1I. The molecule has 0 bridgehead atoms. The van der Waals surface area contributed by atoms with Crippen LogP contribution in [-0.2, 0) is 19.1 Å². The van der Waals surface area contributed by atoms with E-state index in [0.717, 1.165) is 0 Å². The van der Waals surface area contributed by atoms with Gasteiger partial charge in [-0.2, -0.15) is 0 Å². The number of benzene rings is 1. The Balaban J connectivity index is 3.20. The lowest BCUT2D eigenvalue weighted by Crippen LogP contribution is -2.35. The Bertz CT molecular complexity index is 787. The molecule has 5 N–H and O–H groups in total. The highest BCUT2D eigenvalue weighted by molar-refractivity contribution is 14.1. The van der Waals surface area contributed by atoms with Gasteiger partial charge in [0.05, 0.1) is 36.7 Å². The monoisotopic (exact) mass is 731 g/mol. The van der Waals surface area contributed by atoms with Crippen LogP contribution in [0.1, 0.15) is 15.9 Å². The van der Waals surface area contributed by atoms with Gasteiger partial charge in [0.25, 0.3) is 5.91 Å². The van der Waals surface area contributed by atoms with E-state index < -0.39 is 43.7 Å². The molecule has 1 rings (SSSR count). The molecule has 0 saturated heterocycles. The van der Waals surface area contributed by atoms with Gasteiger partial charge in [-0.1, -0.05) is 0 Å². The highest BCUT2D eigenvalue weighted by Crippen LogP contribution is 2.34. The van der Waals surface area contributed by atoms with Gasteiger partial charge in [-0.05, 0) is 67.8 Å². The van der Waals surface area contributed by atoms with Gasteiger partial charge in [-0.25, -0.2) is 4.79 Å². The molecule has 10 nitrogen and oxygen atoms in total. The fourth-order valence-corrected chi connectivity index (χ4v) is 5.98. The fourth-order valence-electron chi connectivity index (χ4n) is 1.83. The van der Waals surface area contributed by atoms with Crippen molar-refractivity contribution in [3.63, 3.8) is 0 Å². The zero-order chi connectivity index (χ0) is 21.4. The lowest BCUT2D eigenvalue weighted by atomic mass is 10.1. The van der Waals surface area contributed by atoms with E-state index in [-0.39, 0.29) is 23.4 Å². The van der Waals surface area contributed by atoms with Crippen molar-refractivity contribution in [3.05, 3.63) is 21.8 Å². The van der Waals surface area contributed by atoms with E-state index in [9.17, 15) is 24.3 Å². The van der Waals surface area contributed by atoms with E-state index in [0.29, 0.717) is 10.7 Å². The third-order valence-electron chi connectivity index (χ3n) is 3.08. The summed E-state index contributed by atoms with van der Waals surface area (Å²) in [5.74, 6) is -2.52. The van der Waals surface area contributed by atoms with Crippen molar-refractivity contribution in [3.8, 4) is 0 Å². The summed E-state index contributed by atoms with van der Waals surface area (Å²) >= 11 is 5.46. The number of carbonyl (C=O) groups excluding carboxylic acids is 3. The van der Waals surface area contributed by atoms with Crippen LogP contribution in [0.3, 0.4) is 0 Å². The van der Waals surface area contributed by atoms with Crippen molar-refractivity contribution < 1.29 is 39.2 Å². The molecule has 0 heterocycles. The van der Waals surface area contributed by atoms with E-state index in [2.05, 4.69) is 10.6 Å². The highest BCUT2D eigenvalue weighted by Gasteiger charge is 2.26. The molecule has 0 aliphatic heterocycles. The van der Waals surface area contributed by atoms with Crippen molar-refractivity contribution >= 4 is 97.5 Å². The first kappa shape index (κ1) is 25.4. The smallest absolute Gasteiger partial charge is 0.329 e. The molecule has 0 aliphatic rings. The number of aliphatic carboxylic acids is 1. The van der Waals surface area contributed by atoms with Crippen molar-refractivity contribution in [2.24, 2.45) is 0 Å². The van der Waals surface area contributed by atoms with E-state index in [1.807, 2.05) is 45.2 Å². The second-order valence-corrected chi connectivity index (χ2v) is 8.39.